The summed E-state index contributed by atoms with van der Waals surface area (Å²) in [6, 6.07) is 8.82. The van der Waals surface area contributed by atoms with E-state index in [1.807, 2.05) is 19.1 Å². The summed E-state index contributed by atoms with van der Waals surface area (Å²) in [5, 5.41) is 13.7. The van der Waals surface area contributed by atoms with E-state index in [0.717, 1.165) is 23.4 Å². The Morgan fingerprint density at radius 3 is 2.64 bits per heavy atom. The maximum absolute atomic E-state index is 13.3. The minimum atomic E-state index is -4.43. The lowest BCUT2D eigenvalue weighted by Gasteiger charge is -2.29. The lowest BCUT2D eigenvalue weighted by atomic mass is 10.1. The summed E-state index contributed by atoms with van der Waals surface area (Å²) in [6.45, 7) is 4.48. The standard InChI is InChI=1S/C25H22F3N5O3/c1-14-11-16(22-29-13-17-12-18(25(26,27)28)4-5-19(17)30-22)3-6-20(14)32-7-8-33-21(24(32)35)15(2)23(31-33)36-10-9-34/h3-6,11-13,34H,7-10H2,1-2H3. The number of rotatable bonds is 5. The van der Waals surface area contributed by atoms with E-state index in [1.165, 1.54) is 12.3 Å². The van der Waals surface area contributed by atoms with Crippen LogP contribution in [0.3, 0.4) is 0 Å². The molecule has 8 nitrogen and oxygen atoms in total. The number of fused-ring (bicyclic) bond motifs is 2. The molecule has 0 atom stereocenters. The van der Waals surface area contributed by atoms with E-state index in [4.69, 9.17) is 9.84 Å². The Morgan fingerprint density at radius 1 is 1.11 bits per heavy atom. The second-order valence-electron chi connectivity index (χ2n) is 8.50. The monoisotopic (exact) mass is 497 g/mol. The number of ether oxygens (including phenoxy) is 1. The van der Waals surface area contributed by atoms with E-state index in [1.54, 1.807) is 22.6 Å². The molecule has 0 saturated carbocycles. The molecule has 3 heterocycles. The molecule has 4 aromatic rings. The van der Waals surface area contributed by atoms with Gasteiger partial charge in [0.2, 0.25) is 5.88 Å². The fraction of sp³-hybridized carbons (Fsp3) is 0.280. The molecular weight excluding hydrogens is 475 g/mol. The summed E-state index contributed by atoms with van der Waals surface area (Å²) in [4.78, 5) is 23.7. The number of halogens is 3. The van der Waals surface area contributed by atoms with E-state index >= 15 is 0 Å². The molecule has 0 saturated heterocycles. The van der Waals surface area contributed by atoms with E-state index in [9.17, 15) is 18.0 Å². The van der Waals surface area contributed by atoms with Crippen LogP contribution in [0.25, 0.3) is 22.3 Å². The Labute approximate surface area is 204 Å². The minimum absolute atomic E-state index is 0.0934. The van der Waals surface area contributed by atoms with Crippen LogP contribution in [-0.4, -0.2) is 50.5 Å². The number of carbonyl (C=O) groups excluding carboxylic acids is 1. The number of aliphatic hydroxyl groups excluding tert-OH is 1. The highest BCUT2D eigenvalue weighted by Crippen LogP contribution is 2.33. The third kappa shape index (κ3) is 4.15. The number of amides is 1. The molecule has 36 heavy (non-hydrogen) atoms. The van der Waals surface area contributed by atoms with Gasteiger partial charge in [-0.3, -0.25) is 9.48 Å². The summed E-state index contributed by atoms with van der Waals surface area (Å²) in [7, 11) is 0. The Morgan fingerprint density at radius 2 is 1.92 bits per heavy atom. The van der Waals surface area contributed by atoms with Crippen molar-refractivity contribution >= 4 is 22.5 Å². The first kappa shape index (κ1) is 23.7. The fourth-order valence-corrected chi connectivity index (χ4v) is 4.34. The van der Waals surface area contributed by atoms with Gasteiger partial charge in [0, 0.05) is 34.9 Å². The van der Waals surface area contributed by atoms with Crippen LogP contribution in [0.1, 0.15) is 27.2 Å². The van der Waals surface area contributed by atoms with Gasteiger partial charge >= 0.3 is 6.18 Å². The number of aryl methyl sites for hydroxylation is 1. The predicted octanol–water partition coefficient (Wildman–Crippen LogP) is 4.16. The largest absolute Gasteiger partial charge is 0.474 e. The van der Waals surface area contributed by atoms with Gasteiger partial charge in [-0.05, 0) is 55.8 Å². The zero-order chi connectivity index (χ0) is 25.6. The number of alkyl halides is 3. The van der Waals surface area contributed by atoms with Gasteiger partial charge in [0.15, 0.2) is 5.82 Å². The molecule has 11 heteroatoms. The number of hydrogen-bond donors (Lipinski definition) is 1. The average molecular weight is 497 g/mol. The maximum Gasteiger partial charge on any atom is 0.416 e. The second-order valence-corrected chi connectivity index (χ2v) is 8.50. The van der Waals surface area contributed by atoms with Crippen LogP contribution >= 0.6 is 0 Å². The highest BCUT2D eigenvalue weighted by Gasteiger charge is 2.32. The number of benzene rings is 2. The van der Waals surface area contributed by atoms with Gasteiger partial charge in [0.05, 0.1) is 24.2 Å². The van der Waals surface area contributed by atoms with Crippen molar-refractivity contribution in [2.75, 3.05) is 24.7 Å². The van der Waals surface area contributed by atoms with Crippen LogP contribution < -0.4 is 9.64 Å². The van der Waals surface area contributed by atoms with Crippen LogP contribution in [0.15, 0.2) is 42.6 Å². The summed E-state index contributed by atoms with van der Waals surface area (Å²) < 4.78 is 46.0. The zero-order valence-corrected chi connectivity index (χ0v) is 19.5. The Kier molecular flexibility index (Phi) is 5.87. The number of aromatic nitrogens is 4. The summed E-state index contributed by atoms with van der Waals surface area (Å²) in [5.41, 5.74) is 2.94. The van der Waals surface area contributed by atoms with E-state index in [-0.39, 0.29) is 19.1 Å². The number of aliphatic hydroxyl groups is 1. The Bertz CT molecular complexity index is 1480. The minimum Gasteiger partial charge on any atom is -0.474 e. The molecule has 0 radical (unpaired) electrons. The molecule has 5 rings (SSSR count). The average Bonchev–Trinajstić information content (AvgIpc) is 3.18. The molecular formula is C25H22F3N5O3. The highest BCUT2D eigenvalue weighted by atomic mass is 19.4. The van der Waals surface area contributed by atoms with Crippen LogP contribution in [0, 0.1) is 13.8 Å². The van der Waals surface area contributed by atoms with Crippen molar-refractivity contribution < 1.29 is 27.8 Å². The van der Waals surface area contributed by atoms with Crippen molar-refractivity contribution in [3.8, 4) is 17.3 Å². The molecule has 0 fully saturated rings. The van der Waals surface area contributed by atoms with Gasteiger partial charge in [-0.25, -0.2) is 9.97 Å². The lowest BCUT2D eigenvalue weighted by Crippen LogP contribution is -2.41. The van der Waals surface area contributed by atoms with E-state index in [2.05, 4.69) is 15.1 Å². The molecule has 2 aromatic carbocycles. The van der Waals surface area contributed by atoms with Crippen LogP contribution in [0.4, 0.5) is 18.9 Å². The van der Waals surface area contributed by atoms with Gasteiger partial charge in [-0.1, -0.05) is 0 Å². The second kappa shape index (κ2) is 8.90. The number of nitrogens with zero attached hydrogens (tertiary/aromatic N) is 5. The molecule has 0 spiro atoms. The molecule has 1 aliphatic rings. The van der Waals surface area contributed by atoms with Gasteiger partial charge < -0.3 is 14.7 Å². The fourth-order valence-electron chi connectivity index (χ4n) is 4.34. The van der Waals surface area contributed by atoms with E-state index in [0.29, 0.717) is 52.5 Å². The molecule has 1 N–H and O–H groups in total. The van der Waals surface area contributed by atoms with E-state index < -0.39 is 11.7 Å². The predicted molar refractivity (Wildman–Crippen MR) is 126 cm³/mol. The van der Waals surface area contributed by atoms with Gasteiger partial charge in [-0.15, -0.1) is 5.10 Å². The summed E-state index contributed by atoms with van der Waals surface area (Å²) in [5.74, 6) is 0.502. The molecule has 2 aromatic heterocycles. The number of anilines is 1. The topological polar surface area (TPSA) is 93.4 Å². The van der Waals surface area contributed by atoms with Gasteiger partial charge in [-0.2, -0.15) is 13.2 Å². The van der Waals surface area contributed by atoms with Crippen molar-refractivity contribution in [3.05, 3.63) is 65.0 Å². The van der Waals surface area contributed by atoms with Crippen LogP contribution in [0.5, 0.6) is 5.88 Å². The SMILES string of the molecule is Cc1cc(-c2ncc3cc(C(F)(F)F)ccc3n2)ccc1N1CCn2nc(OCCO)c(C)c2C1=O. The quantitative estimate of drug-likeness (QED) is 0.445. The van der Waals surface area contributed by atoms with Crippen molar-refractivity contribution in [1.29, 1.82) is 0 Å². The number of carbonyl (C=O) groups is 1. The molecule has 1 aliphatic heterocycles. The van der Waals surface area contributed by atoms with Crippen LogP contribution in [-0.2, 0) is 12.7 Å². The van der Waals surface area contributed by atoms with Crippen molar-refractivity contribution in [2.45, 2.75) is 26.6 Å². The summed E-state index contributed by atoms with van der Waals surface area (Å²) in [6.07, 6.45) is -3.05. The first-order chi connectivity index (χ1) is 17.2. The third-order valence-electron chi connectivity index (χ3n) is 6.11. The van der Waals surface area contributed by atoms with Crippen molar-refractivity contribution in [3.63, 3.8) is 0 Å². The normalized spacial score (nSPS) is 13.8. The van der Waals surface area contributed by atoms with Crippen molar-refractivity contribution in [1.82, 2.24) is 19.7 Å². The molecule has 0 unspecified atom stereocenters. The maximum atomic E-state index is 13.3. The first-order valence-electron chi connectivity index (χ1n) is 11.3. The van der Waals surface area contributed by atoms with Gasteiger partial charge in [0.1, 0.15) is 12.3 Å². The molecule has 0 aliphatic carbocycles. The van der Waals surface area contributed by atoms with Gasteiger partial charge in [0.25, 0.3) is 5.91 Å². The third-order valence-corrected chi connectivity index (χ3v) is 6.11. The smallest absolute Gasteiger partial charge is 0.416 e. The molecule has 1 amide bonds. The Hall–Kier alpha value is -3.99. The first-order valence-corrected chi connectivity index (χ1v) is 11.3. The summed E-state index contributed by atoms with van der Waals surface area (Å²) >= 11 is 0. The number of hydrogen-bond acceptors (Lipinski definition) is 6. The Balaban J connectivity index is 1.43. The lowest BCUT2D eigenvalue weighted by molar-refractivity contribution is -0.137. The zero-order valence-electron chi connectivity index (χ0n) is 19.5. The molecule has 0 bridgehead atoms. The van der Waals surface area contributed by atoms with Crippen molar-refractivity contribution in [2.24, 2.45) is 0 Å². The highest BCUT2D eigenvalue weighted by molar-refractivity contribution is 6.07. The molecule has 186 valence electrons. The van der Waals surface area contributed by atoms with Crippen LogP contribution in [0.2, 0.25) is 0 Å².